The van der Waals surface area contributed by atoms with Crippen LogP contribution in [-0.2, 0) is 16.7 Å². The third-order valence-corrected chi connectivity index (χ3v) is 6.05. The van der Waals surface area contributed by atoms with Crippen molar-refractivity contribution >= 4 is 5.96 Å². The Labute approximate surface area is 190 Å². The minimum absolute atomic E-state index is 0.0569. The minimum Gasteiger partial charge on any atom is -0.494 e. The van der Waals surface area contributed by atoms with E-state index in [4.69, 9.17) is 23.9 Å². The van der Waals surface area contributed by atoms with E-state index in [1.807, 2.05) is 31.2 Å². The van der Waals surface area contributed by atoms with Crippen LogP contribution in [0.1, 0.15) is 37.8 Å². The molecule has 0 saturated carbocycles. The molecule has 0 aromatic heterocycles. The average Bonchev–Trinajstić information content (AvgIpc) is 3.31. The van der Waals surface area contributed by atoms with Crippen LogP contribution in [0.4, 0.5) is 0 Å². The maximum absolute atomic E-state index is 5.75. The van der Waals surface area contributed by atoms with E-state index in [0.717, 1.165) is 67.9 Å². The van der Waals surface area contributed by atoms with E-state index in [1.165, 1.54) is 5.56 Å². The summed E-state index contributed by atoms with van der Waals surface area (Å²) in [6.07, 6.45) is 1.87. The fourth-order valence-electron chi connectivity index (χ4n) is 4.25. The molecule has 172 valence electrons. The van der Waals surface area contributed by atoms with Gasteiger partial charge in [0, 0.05) is 37.3 Å². The molecule has 4 rings (SSSR count). The molecule has 0 amide bonds. The topological polar surface area (TPSA) is 73.3 Å². The second-order valence-electron chi connectivity index (χ2n) is 8.05. The first-order chi connectivity index (χ1) is 15.7. The van der Waals surface area contributed by atoms with Crippen LogP contribution >= 0.6 is 0 Å². The van der Waals surface area contributed by atoms with Crippen LogP contribution in [0.15, 0.2) is 47.5 Å². The fraction of sp³-hybridized carbons (Fsp3) is 0.480. The average molecular weight is 440 g/mol. The fourth-order valence-corrected chi connectivity index (χ4v) is 4.25. The molecule has 0 spiro atoms. The third kappa shape index (κ3) is 5.10. The minimum atomic E-state index is -0.0569. The Bertz CT molecular complexity index is 925. The monoisotopic (exact) mass is 439 g/mol. The second kappa shape index (κ2) is 10.6. The number of aliphatic imine (C=N–C) groups is 1. The van der Waals surface area contributed by atoms with Gasteiger partial charge in [-0.15, -0.1) is 0 Å². The number of guanidine groups is 1. The van der Waals surface area contributed by atoms with Crippen molar-refractivity contribution in [2.45, 2.75) is 38.6 Å². The largest absolute Gasteiger partial charge is 0.494 e. The van der Waals surface area contributed by atoms with Crippen LogP contribution in [0.25, 0.3) is 0 Å². The number of benzene rings is 2. The van der Waals surface area contributed by atoms with Gasteiger partial charge in [-0.2, -0.15) is 0 Å². The normalized spacial score (nSPS) is 17.1. The van der Waals surface area contributed by atoms with E-state index in [2.05, 4.69) is 35.8 Å². The molecule has 0 bridgehead atoms. The molecule has 2 aromatic rings. The molecule has 0 atom stereocenters. The van der Waals surface area contributed by atoms with Crippen molar-refractivity contribution in [1.29, 1.82) is 0 Å². The van der Waals surface area contributed by atoms with Gasteiger partial charge in [-0.05, 0) is 50.5 Å². The Morgan fingerprint density at radius 3 is 2.66 bits per heavy atom. The molecule has 0 radical (unpaired) electrons. The molecule has 0 unspecified atom stereocenters. The molecule has 2 N–H and O–H groups in total. The Balaban J connectivity index is 1.51. The van der Waals surface area contributed by atoms with Crippen LogP contribution in [0, 0.1) is 0 Å². The molecule has 32 heavy (non-hydrogen) atoms. The van der Waals surface area contributed by atoms with Gasteiger partial charge in [-0.25, -0.2) is 4.99 Å². The van der Waals surface area contributed by atoms with Gasteiger partial charge in [0.15, 0.2) is 17.5 Å². The lowest BCUT2D eigenvalue weighted by Gasteiger charge is -2.38. The summed E-state index contributed by atoms with van der Waals surface area (Å²) in [5.74, 6) is 3.31. The van der Waals surface area contributed by atoms with Gasteiger partial charge in [0.25, 0.3) is 0 Å². The van der Waals surface area contributed by atoms with Gasteiger partial charge in [-0.1, -0.05) is 24.3 Å². The van der Waals surface area contributed by atoms with E-state index >= 15 is 0 Å². The Morgan fingerprint density at radius 1 is 1.03 bits per heavy atom. The van der Waals surface area contributed by atoms with Gasteiger partial charge in [0.2, 0.25) is 6.79 Å². The van der Waals surface area contributed by atoms with E-state index < -0.39 is 0 Å². The SMILES string of the molecule is CCNC(=NCc1ccccc1OCC)NCC1(c2ccc3c(c2)OCO3)CCOCC1. The Hall–Kier alpha value is -2.93. The molecular weight excluding hydrogens is 406 g/mol. The van der Waals surface area contributed by atoms with E-state index in [1.54, 1.807) is 0 Å². The quantitative estimate of drug-likeness (QED) is 0.484. The molecule has 0 aliphatic carbocycles. The van der Waals surface area contributed by atoms with Crippen molar-refractivity contribution in [3.8, 4) is 17.2 Å². The lowest BCUT2D eigenvalue weighted by Crippen LogP contribution is -2.48. The summed E-state index contributed by atoms with van der Waals surface area (Å²) in [6.45, 7) is 8.58. The van der Waals surface area contributed by atoms with E-state index in [9.17, 15) is 0 Å². The zero-order chi connectivity index (χ0) is 22.2. The Morgan fingerprint density at radius 2 is 1.84 bits per heavy atom. The predicted octanol–water partition coefficient (Wildman–Crippen LogP) is 3.62. The maximum atomic E-state index is 5.75. The van der Waals surface area contributed by atoms with Crippen molar-refractivity contribution in [2.75, 3.05) is 39.7 Å². The highest BCUT2D eigenvalue weighted by Gasteiger charge is 2.35. The zero-order valence-electron chi connectivity index (χ0n) is 19.0. The molecule has 1 saturated heterocycles. The first-order valence-electron chi connectivity index (χ1n) is 11.4. The zero-order valence-corrected chi connectivity index (χ0v) is 19.0. The van der Waals surface area contributed by atoms with Crippen molar-refractivity contribution in [3.63, 3.8) is 0 Å². The predicted molar refractivity (Wildman–Crippen MR) is 125 cm³/mol. The summed E-state index contributed by atoms with van der Waals surface area (Å²) in [4.78, 5) is 4.83. The van der Waals surface area contributed by atoms with E-state index in [0.29, 0.717) is 13.2 Å². The number of hydrogen-bond donors (Lipinski definition) is 2. The summed E-state index contributed by atoms with van der Waals surface area (Å²) in [6, 6.07) is 14.3. The van der Waals surface area contributed by atoms with Crippen LogP contribution in [0.3, 0.4) is 0 Å². The number of fused-ring (bicyclic) bond motifs is 1. The van der Waals surface area contributed by atoms with Gasteiger partial charge in [0.05, 0.1) is 13.2 Å². The van der Waals surface area contributed by atoms with Gasteiger partial charge in [-0.3, -0.25) is 0 Å². The van der Waals surface area contributed by atoms with Gasteiger partial charge in [0.1, 0.15) is 5.75 Å². The molecular formula is C25H33N3O4. The van der Waals surface area contributed by atoms with Crippen LogP contribution in [0.2, 0.25) is 0 Å². The highest BCUT2D eigenvalue weighted by molar-refractivity contribution is 5.80. The first kappa shape index (κ1) is 22.3. The van der Waals surface area contributed by atoms with Crippen molar-refractivity contribution < 1.29 is 18.9 Å². The summed E-state index contributed by atoms with van der Waals surface area (Å²) >= 11 is 0. The summed E-state index contributed by atoms with van der Waals surface area (Å²) in [5.41, 5.74) is 2.26. The molecule has 1 fully saturated rings. The van der Waals surface area contributed by atoms with Crippen LogP contribution in [0.5, 0.6) is 17.2 Å². The second-order valence-corrected chi connectivity index (χ2v) is 8.05. The highest BCUT2D eigenvalue weighted by Crippen LogP contribution is 2.40. The summed E-state index contributed by atoms with van der Waals surface area (Å²) in [5, 5.41) is 6.97. The third-order valence-electron chi connectivity index (χ3n) is 6.05. The molecule has 7 heteroatoms. The lowest BCUT2D eigenvalue weighted by molar-refractivity contribution is 0.0513. The molecule has 7 nitrogen and oxygen atoms in total. The number of rotatable bonds is 8. The smallest absolute Gasteiger partial charge is 0.231 e. The summed E-state index contributed by atoms with van der Waals surface area (Å²) < 4.78 is 22.6. The number of para-hydroxylation sites is 1. The van der Waals surface area contributed by atoms with Crippen LogP contribution < -0.4 is 24.8 Å². The molecule has 2 heterocycles. The molecule has 2 aliphatic heterocycles. The molecule has 2 aromatic carbocycles. The number of nitrogens with zero attached hydrogens (tertiary/aromatic N) is 1. The van der Waals surface area contributed by atoms with Crippen molar-refractivity contribution in [3.05, 3.63) is 53.6 Å². The first-order valence-corrected chi connectivity index (χ1v) is 11.4. The maximum Gasteiger partial charge on any atom is 0.231 e. The summed E-state index contributed by atoms with van der Waals surface area (Å²) in [7, 11) is 0. The van der Waals surface area contributed by atoms with Gasteiger partial charge < -0.3 is 29.6 Å². The van der Waals surface area contributed by atoms with Crippen molar-refractivity contribution in [2.24, 2.45) is 4.99 Å². The number of hydrogen-bond acceptors (Lipinski definition) is 5. The number of ether oxygens (including phenoxy) is 4. The van der Waals surface area contributed by atoms with E-state index in [-0.39, 0.29) is 12.2 Å². The Kier molecular flexibility index (Phi) is 7.37. The molecule has 2 aliphatic rings. The lowest BCUT2D eigenvalue weighted by atomic mass is 9.74. The number of nitrogens with one attached hydrogen (secondary N) is 2. The standard InChI is InChI=1S/C25H33N3O4/c1-3-26-24(27-16-19-7-5-6-8-21(19)30-4-2)28-17-25(11-13-29-14-12-25)20-9-10-22-23(15-20)32-18-31-22/h5-10,15H,3-4,11-14,16-18H2,1-2H3,(H2,26,27,28). The van der Waals surface area contributed by atoms with Gasteiger partial charge >= 0.3 is 0 Å². The highest BCUT2D eigenvalue weighted by atomic mass is 16.7. The van der Waals surface area contributed by atoms with Crippen molar-refractivity contribution in [1.82, 2.24) is 10.6 Å². The van der Waals surface area contributed by atoms with Crippen LogP contribution in [-0.4, -0.2) is 45.7 Å².